The molecule has 96 valence electrons. The third-order valence-corrected chi connectivity index (χ3v) is 3.97. The number of halogens is 1. The van der Waals surface area contributed by atoms with Crippen LogP contribution in [0.3, 0.4) is 0 Å². The van der Waals surface area contributed by atoms with E-state index in [4.69, 9.17) is 5.73 Å². The van der Waals surface area contributed by atoms with Gasteiger partial charge in [0.1, 0.15) is 0 Å². The SMILES string of the molecule is Cl.N[C@@H]1CCC[C@H]1CC(=O)NCc1ccsc1. The van der Waals surface area contributed by atoms with Crippen LogP contribution in [0.4, 0.5) is 0 Å². The predicted molar refractivity (Wildman–Crippen MR) is 73.3 cm³/mol. The summed E-state index contributed by atoms with van der Waals surface area (Å²) in [6, 6.07) is 2.26. The van der Waals surface area contributed by atoms with E-state index in [1.165, 1.54) is 12.0 Å². The first-order valence-electron chi connectivity index (χ1n) is 5.79. The molecule has 0 bridgehead atoms. The van der Waals surface area contributed by atoms with E-state index in [9.17, 15) is 4.79 Å². The molecular formula is C12H19ClN2OS. The minimum absolute atomic E-state index is 0. The van der Waals surface area contributed by atoms with Gasteiger partial charge in [0.25, 0.3) is 0 Å². The monoisotopic (exact) mass is 274 g/mol. The molecule has 1 aromatic heterocycles. The Morgan fingerprint density at radius 1 is 1.53 bits per heavy atom. The molecule has 1 amide bonds. The lowest BCUT2D eigenvalue weighted by Crippen LogP contribution is -2.31. The van der Waals surface area contributed by atoms with Gasteiger partial charge in [0.05, 0.1) is 0 Å². The van der Waals surface area contributed by atoms with Crippen molar-refractivity contribution in [3.05, 3.63) is 22.4 Å². The highest BCUT2D eigenvalue weighted by molar-refractivity contribution is 7.07. The standard InChI is InChI=1S/C12H18N2OS.ClH/c13-11-3-1-2-10(11)6-12(15)14-7-9-4-5-16-8-9;/h4-5,8,10-11H,1-3,6-7,13H2,(H,14,15);1H/t10-,11+;/m0./s1. The van der Waals surface area contributed by atoms with Crippen LogP contribution in [0.5, 0.6) is 0 Å². The third-order valence-electron chi connectivity index (χ3n) is 3.24. The number of nitrogens with one attached hydrogen (secondary N) is 1. The van der Waals surface area contributed by atoms with Crippen molar-refractivity contribution in [3.8, 4) is 0 Å². The normalized spacial score (nSPS) is 23.1. The molecule has 0 aromatic carbocycles. The Morgan fingerprint density at radius 3 is 2.94 bits per heavy atom. The quantitative estimate of drug-likeness (QED) is 0.885. The van der Waals surface area contributed by atoms with Crippen molar-refractivity contribution in [1.82, 2.24) is 5.32 Å². The summed E-state index contributed by atoms with van der Waals surface area (Å²) >= 11 is 1.65. The van der Waals surface area contributed by atoms with E-state index in [0.717, 1.165) is 12.8 Å². The zero-order chi connectivity index (χ0) is 11.4. The minimum atomic E-state index is 0. The van der Waals surface area contributed by atoms with Gasteiger partial charge in [-0.05, 0) is 41.1 Å². The lowest BCUT2D eigenvalue weighted by atomic mass is 10.00. The number of amides is 1. The minimum Gasteiger partial charge on any atom is -0.352 e. The summed E-state index contributed by atoms with van der Waals surface area (Å²) in [5, 5.41) is 7.02. The van der Waals surface area contributed by atoms with Crippen LogP contribution in [0.25, 0.3) is 0 Å². The Bertz CT molecular complexity index is 342. The Kier molecular flexibility index (Phi) is 5.95. The molecule has 0 aliphatic heterocycles. The van der Waals surface area contributed by atoms with Gasteiger partial charge in [0.2, 0.25) is 5.91 Å². The maximum Gasteiger partial charge on any atom is 0.220 e. The largest absolute Gasteiger partial charge is 0.352 e. The van der Waals surface area contributed by atoms with Crippen molar-refractivity contribution in [2.45, 2.75) is 38.3 Å². The topological polar surface area (TPSA) is 55.1 Å². The molecule has 3 N–H and O–H groups in total. The van der Waals surface area contributed by atoms with Crippen LogP contribution in [-0.4, -0.2) is 11.9 Å². The summed E-state index contributed by atoms with van der Waals surface area (Å²) in [6.07, 6.45) is 3.93. The van der Waals surface area contributed by atoms with E-state index in [-0.39, 0.29) is 24.4 Å². The van der Waals surface area contributed by atoms with Gasteiger partial charge in [-0.2, -0.15) is 11.3 Å². The van der Waals surface area contributed by atoms with Crippen LogP contribution in [-0.2, 0) is 11.3 Å². The fourth-order valence-corrected chi connectivity index (χ4v) is 2.89. The molecule has 0 radical (unpaired) electrons. The molecule has 1 aliphatic carbocycles. The van der Waals surface area contributed by atoms with Crippen molar-refractivity contribution < 1.29 is 4.79 Å². The van der Waals surface area contributed by atoms with Gasteiger partial charge in [0.15, 0.2) is 0 Å². The molecule has 1 aromatic rings. The third kappa shape index (κ3) is 4.30. The molecule has 5 heteroatoms. The Labute approximate surface area is 112 Å². The molecule has 0 spiro atoms. The molecule has 3 nitrogen and oxygen atoms in total. The molecule has 17 heavy (non-hydrogen) atoms. The summed E-state index contributed by atoms with van der Waals surface area (Å²) < 4.78 is 0. The van der Waals surface area contributed by atoms with Crippen molar-refractivity contribution in [2.75, 3.05) is 0 Å². The number of carbonyl (C=O) groups is 1. The summed E-state index contributed by atoms with van der Waals surface area (Å²) in [5.41, 5.74) is 7.11. The second-order valence-electron chi connectivity index (χ2n) is 4.47. The number of nitrogens with two attached hydrogens (primary N) is 1. The van der Waals surface area contributed by atoms with Gasteiger partial charge in [-0.3, -0.25) is 4.79 Å². The van der Waals surface area contributed by atoms with E-state index in [1.807, 2.05) is 11.4 Å². The molecular weight excluding hydrogens is 256 g/mol. The fourth-order valence-electron chi connectivity index (χ4n) is 2.22. The van der Waals surface area contributed by atoms with Gasteiger partial charge in [-0.1, -0.05) is 6.42 Å². The van der Waals surface area contributed by atoms with Crippen LogP contribution < -0.4 is 11.1 Å². The van der Waals surface area contributed by atoms with Crippen molar-refractivity contribution in [2.24, 2.45) is 11.7 Å². The van der Waals surface area contributed by atoms with Gasteiger partial charge in [0, 0.05) is 19.0 Å². The number of hydrogen-bond acceptors (Lipinski definition) is 3. The highest BCUT2D eigenvalue weighted by atomic mass is 35.5. The number of rotatable bonds is 4. The molecule has 1 heterocycles. The van der Waals surface area contributed by atoms with Crippen LogP contribution in [0.2, 0.25) is 0 Å². The number of carbonyl (C=O) groups excluding carboxylic acids is 1. The van der Waals surface area contributed by atoms with E-state index < -0.39 is 0 Å². The highest BCUT2D eigenvalue weighted by Crippen LogP contribution is 2.26. The number of thiophene rings is 1. The first-order valence-corrected chi connectivity index (χ1v) is 6.73. The van der Waals surface area contributed by atoms with Crippen LogP contribution in [0.15, 0.2) is 16.8 Å². The Balaban J connectivity index is 0.00000144. The van der Waals surface area contributed by atoms with Gasteiger partial charge in [-0.15, -0.1) is 12.4 Å². The van der Waals surface area contributed by atoms with E-state index >= 15 is 0 Å². The summed E-state index contributed by atoms with van der Waals surface area (Å²) in [7, 11) is 0. The average Bonchev–Trinajstić information content (AvgIpc) is 2.88. The van der Waals surface area contributed by atoms with Crippen molar-refractivity contribution in [3.63, 3.8) is 0 Å². The van der Waals surface area contributed by atoms with Gasteiger partial charge in [-0.25, -0.2) is 0 Å². The van der Waals surface area contributed by atoms with E-state index in [2.05, 4.69) is 10.7 Å². The molecule has 1 fully saturated rings. The Hall–Kier alpha value is -0.580. The summed E-state index contributed by atoms with van der Waals surface area (Å²) in [5.74, 6) is 0.524. The molecule has 1 aliphatic rings. The molecule has 0 saturated heterocycles. The molecule has 0 unspecified atom stereocenters. The highest BCUT2D eigenvalue weighted by Gasteiger charge is 2.25. The maximum atomic E-state index is 11.7. The lowest BCUT2D eigenvalue weighted by Gasteiger charge is -2.14. The number of hydrogen-bond donors (Lipinski definition) is 2. The fraction of sp³-hybridized carbons (Fsp3) is 0.583. The second kappa shape index (κ2) is 6.99. The molecule has 1 saturated carbocycles. The first kappa shape index (κ1) is 14.5. The molecule has 2 rings (SSSR count). The van der Waals surface area contributed by atoms with E-state index in [1.54, 1.807) is 11.3 Å². The smallest absolute Gasteiger partial charge is 0.220 e. The zero-order valence-corrected chi connectivity index (χ0v) is 11.4. The summed E-state index contributed by atoms with van der Waals surface area (Å²) in [6.45, 7) is 0.643. The van der Waals surface area contributed by atoms with Crippen molar-refractivity contribution in [1.29, 1.82) is 0 Å². The van der Waals surface area contributed by atoms with E-state index in [0.29, 0.717) is 18.9 Å². The van der Waals surface area contributed by atoms with Crippen LogP contribution in [0.1, 0.15) is 31.2 Å². The Morgan fingerprint density at radius 2 is 2.35 bits per heavy atom. The van der Waals surface area contributed by atoms with Gasteiger partial charge >= 0.3 is 0 Å². The van der Waals surface area contributed by atoms with Crippen LogP contribution in [0, 0.1) is 5.92 Å². The van der Waals surface area contributed by atoms with Crippen LogP contribution >= 0.6 is 23.7 Å². The second-order valence-corrected chi connectivity index (χ2v) is 5.25. The lowest BCUT2D eigenvalue weighted by molar-refractivity contribution is -0.122. The maximum absolute atomic E-state index is 11.7. The van der Waals surface area contributed by atoms with Crippen molar-refractivity contribution >= 4 is 29.7 Å². The first-order chi connectivity index (χ1) is 7.75. The zero-order valence-electron chi connectivity index (χ0n) is 9.72. The van der Waals surface area contributed by atoms with Gasteiger partial charge < -0.3 is 11.1 Å². The summed E-state index contributed by atoms with van der Waals surface area (Å²) in [4.78, 5) is 11.7. The molecule has 2 atom stereocenters. The average molecular weight is 275 g/mol. The predicted octanol–water partition coefficient (Wildman–Crippen LogP) is 2.30.